The second-order valence-corrected chi connectivity index (χ2v) is 5.94. The maximum absolute atomic E-state index is 13.6. The van der Waals surface area contributed by atoms with Crippen LogP contribution in [0.4, 0.5) is 4.39 Å². The first-order chi connectivity index (χ1) is 11.0. The molecule has 0 spiro atoms. The predicted octanol–water partition coefficient (Wildman–Crippen LogP) is 3.40. The monoisotopic (exact) mass is 398 g/mol. The summed E-state index contributed by atoms with van der Waals surface area (Å²) in [6, 6.07) is 11.0. The molecule has 2 rings (SSSR count). The molecule has 0 saturated heterocycles. The number of halogens is 3. The Morgan fingerprint density at radius 1 is 1.04 bits per heavy atom. The lowest BCUT2D eigenvalue weighted by Crippen LogP contribution is -2.35. The van der Waals surface area contributed by atoms with Gasteiger partial charge in [0.05, 0.1) is 10.6 Å². The van der Waals surface area contributed by atoms with Crippen molar-refractivity contribution in [2.24, 2.45) is 0 Å². The summed E-state index contributed by atoms with van der Waals surface area (Å²) in [5.74, 6) is -1.57. The van der Waals surface area contributed by atoms with Crippen molar-refractivity contribution in [1.29, 1.82) is 0 Å². The zero-order valence-electron chi connectivity index (χ0n) is 11.9. The highest BCUT2D eigenvalue weighted by atomic mass is 79.9. The Morgan fingerprint density at radius 2 is 1.70 bits per heavy atom. The van der Waals surface area contributed by atoms with Gasteiger partial charge in [0, 0.05) is 23.1 Å². The second-order valence-electron chi connectivity index (χ2n) is 4.62. The lowest BCUT2D eigenvalue weighted by atomic mass is 10.2. The summed E-state index contributed by atoms with van der Waals surface area (Å²) in [5, 5.41) is 5.21. The molecule has 2 N–H and O–H groups in total. The Balaban J connectivity index is 1.83. The fourth-order valence-corrected chi connectivity index (χ4v) is 2.54. The van der Waals surface area contributed by atoms with E-state index in [9.17, 15) is 14.0 Å². The van der Waals surface area contributed by atoms with Crippen LogP contribution in [0.3, 0.4) is 0 Å². The third-order valence-corrected chi connectivity index (χ3v) is 3.78. The van der Waals surface area contributed by atoms with Gasteiger partial charge in [-0.25, -0.2) is 4.39 Å². The summed E-state index contributed by atoms with van der Waals surface area (Å²) in [4.78, 5) is 23.8. The van der Waals surface area contributed by atoms with E-state index in [1.54, 1.807) is 18.2 Å². The summed E-state index contributed by atoms with van der Waals surface area (Å²) in [6.45, 7) is 0.367. The van der Waals surface area contributed by atoms with Gasteiger partial charge in [-0.15, -0.1) is 0 Å². The van der Waals surface area contributed by atoms with Crippen LogP contribution in [0, 0.1) is 5.82 Å². The van der Waals surface area contributed by atoms with Gasteiger partial charge in [0.2, 0.25) is 0 Å². The van der Waals surface area contributed by atoms with Crippen molar-refractivity contribution in [3.63, 3.8) is 0 Å². The van der Waals surface area contributed by atoms with Crippen LogP contribution in [0.25, 0.3) is 0 Å². The smallest absolute Gasteiger partial charge is 0.255 e. The zero-order valence-corrected chi connectivity index (χ0v) is 14.2. The molecule has 0 atom stereocenters. The average molecular weight is 400 g/mol. The Hall–Kier alpha value is -1.92. The van der Waals surface area contributed by atoms with Crippen LogP contribution < -0.4 is 10.6 Å². The number of benzene rings is 2. The van der Waals surface area contributed by atoms with Crippen molar-refractivity contribution in [2.75, 3.05) is 13.1 Å². The first kappa shape index (κ1) is 17.4. The highest BCUT2D eigenvalue weighted by molar-refractivity contribution is 9.10. The third kappa shape index (κ3) is 4.77. The van der Waals surface area contributed by atoms with Gasteiger partial charge in [-0.1, -0.05) is 39.7 Å². The molecule has 0 radical (unpaired) electrons. The van der Waals surface area contributed by atoms with Crippen molar-refractivity contribution in [1.82, 2.24) is 10.6 Å². The number of hydrogen-bond acceptors (Lipinski definition) is 2. The molecule has 0 aromatic heterocycles. The van der Waals surface area contributed by atoms with E-state index >= 15 is 0 Å². The molecule has 2 aromatic rings. The first-order valence-corrected chi connectivity index (χ1v) is 7.92. The molecular weight excluding hydrogens is 387 g/mol. The maximum Gasteiger partial charge on any atom is 0.255 e. The highest BCUT2D eigenvalue weighted by Crippen LogP contribution is 2.18. The zero-order chi connectivity index (χ0) is 16.8. The van der Waals surface area contributed by atoms with Crippen molar-refractivity contribution in [3.05, 3.63) is 68.9 Å². The number of carbonyl (C=O) groups is 2. The standard InChI is InChI=1S/C16H13BrClFN2O2/c17-11-4-1-3-10(9-11)15(22)20-7-8-21-16(23)14-12(18)5-2-6-13(14)19/h1-6,9H,7-8H2,(H,20,22)(H,21,23). The minimum Gasteiger partial charge on any atom is -0.350 e. The van der Waals surface area contributed by atoms with Crippen LogP contribution in [0.1, 0.15) is 20.7 Å². The van der Waals surface area contributed by atoms with Gasteiger partial charge in [-0.2, -0.15) is 0 Å². The number of carbonyl (C=O) groups excluding carboxylic acids is 2. The van der Waals surface area contributed by atoms with E-state index < -0.39 is 11.7 Å². The lowest BCUT2D eigenvalue weighted by molar-refractivity contribution is 0.0925. The Morgan fingerprint density at radius 3 is 2.35 bits per heavy atom. The molecule has 0 aliphatic heterocycles. The molecule has 0 fully saturated rings. The molecule has 7 heteroatoms. The average Bonchev–Trinajstić information content (AvgIpc) is 2.51. The second kappa shape index (κ2) is 8.08. The molecule has 0 saturated carbocycles. The van der Waals surface area contributed by atoms with Crippen LogP contribution in [-0.4, -0.2) is 24.9 Å². The van der Waals surface area contributed by atoms with Crippen LogP contribution in [-0.2, 0) is 0 Å². The van der Waals surface area contributed by atoms with Crippen molar-refractivity contribution >= 4 is 39.3 Å². The first-order valence-electron chi connectivity index (χ1n) is 6.75. The Kier molecular flexibility index (Phi) is 6.12. The van der Waals surface area contributed by atoms with E-state index in [0.717, 1.165) is 10.5 Å². The van der Waals surface area contributed by atoms with Crippen LogP contribution in [0.5, 0.6) is 0 Å². The van der Waals surface area contributed by atoms with Gasteiger partial charge in [0.25, 0.3) is 11.8 Å². The van der Waals surface area contributed by atoms with Crippen LogP contribution >= 0.6 is 27.5 Å². The molecular formula is C16H13BrClFN2O2. The van der Waals surface area contributed by atoms with E-state index in [1.807, 2.05) is 6.07 Å². The summed E-state index contributed by atoms with van der Waals surface area (Å²) in [6.07, 6.45) is 0. The molecule has 0 unspecified atom stereocenters. The molecule has 4 nitrogen and oxygen atoms in total. The number of rotatable bonds is 5. The number of nitrogens with one attached hydrogen (secondary N) is 2. The molecule has 0 heterocycles. The lowest BCUT2D eigenvalue weighted by Gasteiger charge is -2.09. The number of amides is 2. The van der Waals surface area contributed by atoms with Gasteiger partial charge >= 0.3 is 0 Å². The highest BCUT2D eigenvalue weighted by Gasteiger charge is 2.15. The van der Waals surface area contributed by atoms with Gasteiger partial charge in [-0.05, 0) is 30.3 Å². The van der Waals surface area contributed by atoms with Gasteiger partial charge in [0.1, 0.15) is 5.82 Å². The summed E-state index contributed by atoms with van der Waals surface area (Å²) >= 11 is 9.09. The molecule has 2 aromatic carbocycles. The SMILES string of the molecule is O=C(NCCNC(=O)c1c(F)cccc1Cl)c1cccc(Br)c1. The number of hydrogen-bond donors (Lipinski definition) is 2. The van der Waals surface area contributed by atoms with E-state index in [4.69, 9.17) is 11.6 Å². The molecule has 0 aliphatic rings. The van der Waals surface area contributed by atoms with Gasteiger partial charge in [0.15, 0.2) is 0 Å². The van der Waals surface area contributed by atoms with Crippen molar-refractivity contribution < 1.29 is 14.0 Å². The van der Waals surface area contributed by atoms with Gasteiger partial charge < -0.3 is 10.6 Å². The van der Waals surface area contributed by atoms with Crippen molar-refractivity contribution in [3.8, 4) is 0 Å². The molecule has 2 amide bonds. The summed E-state index contributed by atoms with van der Waals surface area (Å²) < 4.78 is 14.4. The fourth-order valence-electron chi connectivity index (χ4n) is 1.89. The Bertz CT molecular complexity index is 720. The van der Waals surface area contributed by atoms with Crippen molar-refractivity contribution in [2.45, 2.75) is 0 Å². The van der Waals surface area contributed by atoms with Gasteiger partial charge in [-0.3, -0.25) is 9.59 Å². The summed E-state index contributed by atoms with van der Waals surface area (Å²) in [7, 11) is 0. The largest absolute Gasteiger partial charge is 0.350 e. The predicted molar refractivity (Wildman–Crippen MR) is 90.2 cm³/mol. The normalized spacial score (nSPS) is 10.2. The van der Waals surface area contributed by atoms with E-state index in [-0.39, 0.29) is 29.6 Å². The van der Waals surface area contributed by atoms with Crippen LogP contribution in [0.15, 0.2) is 46.9 Å². The molecule has 0 bridgehead atoms. The summed E-state index contributed by atoms with van der Waals surface area (Å²) in [5.41, 5.74) is 0.301. The topological polar surface area (TPSA) is 58.2 Å². The van der Waals surface area contributed by atoms with Crippen LogP contribution in [0.2, 0.25) is 5.02 Å². The fraction of sp³-hybridized carbons (Fsp3) is 0.125. The quantitative estimate of drug-likeness (QED) is 0.757. The minimum absolute atomic E-state index is 0.0423. The molecule has 120 valence electrons. The third-order valence-electron chi connectivity index (χ3n) is 2.97. The van der Waals surface area contributed by atoms with E-state index in [0.29, 0.717) is 5.56 Å². The van der Waals surface area contributed by atoms with E-state index in [1.165, 1.54) is 12.1 Å². The van der Waals surface area contributed by atoms with E-state index in [2.05, 4.69) is 26.6 Å². The minimum atomic E-state index is -0.687. The Labute approximate surface area is 146 Å². The molecule has 23 heavy (non-hydrogen) atoms. The maximum atomic E-state index is 13.6. The molecule has 0 aliphatic carbocycles.